The molecule has 5 nitrogen and oxygen atoms in total. The summed E-state index contributed by atoms with van der Waals surface area (Å²) in [6, 6.07) is 20.3. The number of thiophene rings is 1. The third kappa shape index (κ3) is 3.63. The molecule has 0 bridgehead atoms. The number of carboxylic acids is 1. The van der Waals surface area contributed by atoms with Gasteiger partial charge in [-0.25, -0.2) is 4.79 Å². The first-order chi connectivity index (χ1) is 15.0. The summed E-state index contributed by atoms with van der Waals surface area (Å²) in [7, 11) is 0. The normalized spacial score (nSPS) is 11.3. The van der Waals surface area contributed by atoms with Crippen LogP contribution in [0.3, 0.4) is 0 Å². The van der Waals surface area contributed by atoms with E-state index < -0.39 is 5.97 Å². The lowest BCUT2D eigenvalue weighted by Crippen LogP contribution is -2.10. The van der Waals surface area contributed by atoms with Gasteiger partial charge in [-0.15, -0.1) is 11.3 Å². The van der Waals surface area contributed by atoms with E-state index in [0.29, 0.717) is 26.4 Å². The van der Waals surface area contributed by atoms with Crippen LogP contribution in [-0.4, -0.2) is 20.8 Å². The molecule has 5 rings (SSSR count). The van der Waals surface area contributed by atoms with Crippen LogP contribution in [0.15, 0.2) is 71.3 Å². The second kappa shape index (κ2) is 7.89. The molecule has 0 spiro atoms. The zero-order valence-electron chi connectivity index (χ0n) is 15.9. The molecule has 0 unspecified atom stereocenters. The van der Waals surface area contributed by atoms with Crippen LogP contribution in [0.4, 0.5) is 0 Å². The van der Waals surface area contributed by atoms with Gasteiger partial charge in [0.25, 0.3) is 0 Å². The lowest BCUT2D eigenvalue weighted by atomic mass is 10.0. The minimum absolute atomic E-state index is 0.173. The number of hydrogen-bond acceptors (Lipinski definition) is 4. The molecule has 1 N–H and O–H groups in total. The minimum atomic E-state index is -1.03. The Morgan fingerprint density at radius 2 is 1.87 bits per heavy atom. The van der Waals surface area contributed by atoms with Crippen molar-refractivity contribution in [1.82, 2.24) is 9.72 Å². The number of aromatic nitrogens is 2. The molecule has 8 heteroatoms. The topological polar surface area (TPSA) is 68.3 Å². The van der Waals surface area contributed by atoms with Crippen LogP contribution in [0.5, 0.6) is 0 Å². The van der Waals surface area contributed by atoms with Gasteiger partial charge >= 0.3 is 5.97 Å². The first-order valence-corrected chi connectivity index (χ1v) is 10.9. The van der Waals surface area contributed by atoms with Crippen molar-refractivity contribution in [3.05, 3.63) is 87.5 Å². The summed E-state index contributed by atoms with van der Waals surface area (Å²) >= 11 is 13.7. The monoisotopic (exact) mass is 468 g/mol. The van der Waals surface area contributed by atoms with Gasteiger partial charge in [0.05, 0.1) is 15.8 Å². The lowest BCUT2D eigenvalue weighted by Gasteiger charge is -2.07. The molecular weight excluding hydrogens is 455 g/mol. The minimum Gasteiger partial charge on any atom is -0.477 e. The molecule has 3 aromatic heterocycles. The highest BCUT2D eigenvalue weighted by Gasteiger charge is 2.24. The van der Waals surface area contributed by atoms with Crippen LogP contribution in [-0.2, 0) is 6.54 Å². The van der Waals surface area contributed by atoms with Crippen molar-refractivity contribution in [2.45, 2.75) is 6.54 Å². The van der Waals surface area contributed by atoms with Gasteiger partial charge in [-0.2, -0.15) is 0 Å². The van der Waals surface area contributed by atoms with Crippen molar-refractivity contribution in [3.8, 4) is 21.8 Å². The van der Waals surface area contributed by atoms with Gasteiger partial charge < -0.3 is 14.2 Å². The van der Waals surface area contributed by atoms with Gasteiger partial charge in [-0.3, -0.25) is 0 Å². The fraction of sp³-hybridized carbons (Fsp3) is 0.0435. The third-order valence-corrected chi connectivity index (χ3v) is 6.47. The molecule has 3 heterocycles. The van der Waals surface area contributed by atoms with E-state index in [1.807, 2.05) is 42.5 Å². The van der Waals surface area contributed by atoms with Gasteiger partial charge in [0.1, 0.15) is 11.4 Å². The second-order valence-corrected chi connectivity index (χ2v) is 9.08. The maximum absolute atomic E-state index is 12.4. The Hall–Kier alpha value is -3.06. The Labute approximate surface area is 191 Å². The van der Waals surface area contributed by atoms with Crippen molar-refractivity contribution in [1.29, 1.82) is 0 Å². The Morgan fingerprint density at radius 1 is 1.06 bits per heavy atom. The number of carbonyl (C=O) groups is 1. The molecule has 0 aliphatic carbocycles. The summed E-state index contributed by atoms with van der Waals surface area (Å²) in [6.45, 7) is 0.231. The lowest BCUT2D eigenvalue weighted by molar-refractivity contribution is 0.0687. The third-order valence-electron chi connectivity index (χ3n) is 4.99. The van der Waals surface area contributed by atoms with Crippen LogP contribution in [0.1, 0.15) is 16.2 Å². The van der Waals surface area contributed by atoms with Crippen molar-refractivity contribution in [3.63, 3.8) is 0 Å². The van der Waals surface area contributed by atoms with E-state index >= 15 is 0 Å². The van der Waals surface area contributed by atoms with Gasteiger partial charge in [0, 0.05) is 27.6 Å². The summed E-state index contributed by atoms with van der Waals surface area (Å²) in [4.78, 5) is 13.2. The van der Waals surface area contributed by atoms with E-state index in [1.54, 1.807) is 28.8 Å². The zero-order chi connectivity index (χ0) is 21.5. The molecule has 0 saturated heterocycles. The highest BCUT2D eigenvalue weighted by atomic mass is 35.5. The average molecular weight is 469 g/mol. The van der Waals surface area contributed by atoms with Crippen LogP contribution in [0.25, 0.3) is 32.7 Å². The average Bonchev–Trinajstić information content (AvgIpc) is 3.46. The van der Waals surface area contributed by atoms with E-state index in [1.165, 1.54) is 11.3 Å². The summed E-state index contributed by atoms with van der Waals surface area (Å²) in [5.41, 5.74) is 2.96. The van der Waals surface area contributed by atoms with Crippen LogP contribution >= 0.6 is 34.5 Å². The first kappa shape index (κ1) is 19.9. The molecule has 0 aliphatic heterocycles. The summed E-state index contributed by atoms with van der Waals surface area (Å²) in [6.07, 6.45) is 0. The van der Waals surface area contributed by atoms with Crippen LogP contribution < -0.4 is 0 Å². The fourth-order valence-electron chi connectivity index (χ4n) is 3.72. The Bertz CT molecular complexity index is 1420. The van der Waals surface area contributed by atoms with Crippen molar-refractivity contribution in [2.24, 2.45) is 0 Å². The standard InChI is InChI=1S/C23H14Cl2N2O3S/c24-14-6-7-17-16(10-14)21(13-4-2-1-3-5-13)22(23(28)29)27(17)12-15-11-18(30-26-15)19-8-9-20(25)31-19/h1-11H,12H2,(H,28,29). The number of carboxylic acid groups (broad SMARTS) is 1. The molecule has 0 aliphatic rings. The maximum atomic E-state index is 12.4. The summed E-state index contributed by atoms with van der Waals surface area (Å²) < 4.78 is 7.87. The van der Waals surface area contributed by atoms with Crippen molar-refractivity contribution >= 4 is 51.4 Å². The number of halogens is 2. The van der Waals surface area contributed by atoms with E-state index in [4.69, 9.17) is 27.7 Å². The fourth-order valence-corrected chi connectivity index (χ4v) is 4.89. The number of fused-ring (bicyclic) bond motifs is 1. The molecule has 154 valence electrons. The van der Waals surface area contributed by atoms with Gasteiger partial charge in [-0.1, -0.05) is 58.7 Å². The number of hydrogen-bond donors (Lipinski definition) is 1. The first-order valence-electron chi connectivity index (χ1n) is 9.33. The number of rotatable bonds is 5. The van der Waals surface area contributed by atoms with Crippen LogP contribution in [0, 0.1) is 0 Å². The highest BCUT2D eigenvalue weighted by Crippen LogP contribution is 2.37. The smallest absolute Gasteiger partial charge is 0.353 e. The maximum Gasteiger partial charge on any atom is 0.353 e. The number of benzene rings is 2. The molecule has 0 atom stereocenters. The van der Waals surface area contributed by atoms with E-state index in [0.717, 1.165) is 21.3 Å². The predicted octanol–water partition coefficient (Wildman–Crippen LogP) is 7.08. The Balaban J connectivity index is 1.68. The van der Waals surface area contributed by atoms with Gasteiger partial charge in [0.15, 0.2) is 5.76 Å². The van der Waals surface area contributed by atoms with Crippen molar-refractivity contribution in [2.75, 3.05) is 0 Å². The Kier molecular flexibility index (Phi) is 5.06. The van der Waals surface area contributed by atoms with Crippen molar-refractivity contribution < 1.29 is 14.4 Å². The van der Waals surface area contributed by atoms with E-state index in [2.05, 4.69) is 5.16 Å². The van der Waals surface area contributed by atoms with Crippen LogP contribution in [0.2, 0.25) is 9.36 Å². The molecule has 0 saturated carbocycles. The highest BCUT2D eigenvalue weighted by molar-refractivity contribution is 7.19. The molecule has 0 radical (unpaired) electrons. The van der Waals surface area contributed by atoms with E-state index in [-0.39, 0.29) is 12.2 Å². The molecular formula is C23H14Cl2N2O3S. The number of nitrogens with zero attached hydrogens (tertiary/aromatic N) is 2. The van der Waals surface area contributed by atoms with Gasteiger partial charge in [0.2, 0.25) is 0 Å². The largest absolute Gasteiger partial charge is 0.477 e. The molecule has 0 fully saturated rings. The number of aromatic carboxylic acids is 1. The SMILES string of the molecule is O=C(O)c1c(-c2ccccc2)c2cc(Cl)ccc2n1Cc1cc(-c2ccc(Cl)s2)on1. The Morgan fingerprint density at radius 3 is 2.58 bits per heavy atom. The molecule has 5 aromatic rings. The van der Waals surface area contributed by atoms with E-state index in [9.17, 15) is 9.90 Å². The molecule has 31 heavy (non-hydrogen) atoms. The predicted molar refractivity (Wildman–Crippen MR) is 123 cm³/mol. The summed E-state index contributed by atoms with van der Waals surface area (Å²) in [5, 5.41) is 15.6. The zero-order valence-corrected chi connectivity index (χ0v) is 18.2. The van der Waals surface area contributed by atoms with Gasteiger partial charge in [-0.05, 0) is 35.9 Å². The second-order valence-electron chi connectivity index (χ2n) is 6.93. The molecule has 0 amide bonds. The molecule has 2 aromatic carbocycles. The summed E-state index contributed by atoms with van der Waals surface area (Å²) in [5.74, 6) is -0.438. The quantitative estimate of drug-likeness (QED) is 0.299.